The molecule has 0 aliphatic carbocycles. The van der Waals surface area contributed by atoms with Gasteiger partial charge < -0.3 is 20.1 Å². The van der Waals surface area contributed by atoms with Crippen LogP contribution in [0.5, 0.6) is 17.5 Å². The van der Waals surface area contributed by atoms with Crippen LogP contribution < -0.4 is 20.1 Å². The van der Waals surface area contributed by atoms with Gasteiger partial charge in [0, 0.05) is 6.54 Å². The van der Waals surface area contributed by atoms with E-state index < -0.39 is 0 Å². The summed E-state index contributed by atoms with van der Waals surface area (Å²) in [5, 5.41) is 18.4. The Morgan fingerprint density at radius 2 is 1.73 bits per heavy atom. The van der Waals surface area contributed by atoms with Crippen LogP contribution in [0.4, 0.5) is 0 Å². The first-order valence-electron chi connectivity index (χ1n) is 9.42. The minimum absolute atomic E-state index is 0. The molecule has 2 N–H and O–H groups in total. The predicted octanol–water partition coefficient (Wildman–Crippen LogP) is 3.40. The largest absolute Gasteiger partial charge is 0.493 e. The van der Waals surface area contributed by atoms with Gasteiger partial charge in [0.25, 0.3) is 0 Å². The molecule has 10 heteroatoms. The number of methoxy groups -OCH3 is 1. The second-order valence-electron chi connectivity index (χ2n) is 6.18. The Balaban J connectivity index is 0.00000225. The molecule has 0 radical (unpaired) electrons. The lowest BCUT2D eigenvalue weighted by Gasteiger charge is -2.12. The molecule has 0 unspecified atom stereocenters. The average Bonchev–Trinajstić information content (AvgIpc) is 3.20. The van der Waals surface area contributed by atoms with Gasteiger partial charge in [-0.3, -0.25) is 0 Å². The number of halogens is 2. The van der Waals surface area contributed by atoms with Gasteiger partial charge in [0.1, 0.15) is 0 Å². The Morgan fingerprint density at radius 3 is 2.47 bits per heavy atom. The van der Waals surface area contributed by atoms with Crippen LogP contribution in [0, 0.1) is 0 Å². The van der Waals surface area contributed by atoms with E-state index in [0.29, 0.717) is 11.5 Å². The molecule has 0 bridgehead atoms. The Hall–Kier alpha value is -2.39. The molecule has 0 fully saturated rings. The van der Waals surface area contributed by atoms with Crippen LogP contribution in [0.15, 0.2) is 48.5 Å². The summed E-state index contributed by atoms with van der Waals surface area (Å²) in [4.78, 5) is 0. The fourth-order valence-electron chi connectivity index (χ4n) is 2.73. The lowest BCUT2D eigenvalue weighted by molar-refractivity contribution is 0.362. The first-order valence-corrected chi connectivity index (χ1v) is 9.42. The van der Waals surface area contributed by atoms with Gasteiger partial charge in [0.05, 0.1) is 12.8 Å². The number of ether oxygens (including phenoxy) is 2. The molecule has 1 heterocycles. The van der Waals surface area contributed by atoms with Crippen molar-refractivity contribution < 1.29 is 9.47 Å². The van der Waals surface area contributed by atoms with Gasteiger partial charge in [0.15, 0.2) is 11.5 Å². The van der Waals surface area contributed by atoms with Crippen LogP contribution >= 0.6 is 24.8 Å². The highest BCUT2D eigenvalue weighted by atomic mass is 35.5. The normalized spacial score (nSPS) is 10.1. The Labute approximate surface area is 189 Å². The minimum atomic E-state index is 0. The molecule has 0 amide bonds. The summed E-state index contributed by atoms with van der Waals surface area (Å²) in [6, 6.07) is 15.7. The summed E-state index contributed by atoms with van der Waals surface area (Å²) in [6.07, 6.45) is 1.09. The van der Waals surface area contributed by atoms with Gasteiger partial charge in [-0.15, -0.1) is 24.8 Å². The molecule has 0 aliphatic rings. The molecule has 1 aromatic heterocycles. The summed E-state index contributed by atoms with van der Waals surface area (Å²) in [7, 11) is 1.62. The van der Waals surface area contributed by atoms with E-state index >= 15 is 0 Å². The summed E-state index contributed by atoms with van der Waals surface area (Å²) < 4.78 is 13.0. The van der Waals surface area contributed by atoms with Gasteiger partial charge in [-0.1, -0.05) is 36.3 Å². The van der Waals surface area contributed by atoms with Crippen molar-refractivity contribution >= 4 is 24.8 Å². The first-order chi connectivity index (χ1) is 13.8. The highest BCUT2D eigenvalue weighted by Crippen LogP contribution is 2.32. The third-order valence-corrected chi connectivity index (χ3v) is 4.16. The predicted molar refractivity (Wildman–Crippen MR) is 122 cm³/mol. The molecule has 0 saturated heterocycles. The van der Waals surface area contributed by atoms with E-state index in [9.17, 15) is 0 Å². The zero-order valence-corrected chi connectivity index (χ0v) is 18.7. The van der Waals surface area contributed by atoms with Crippen LogP contribution in [0.2, 0.25) is 0 Å². The van der Waals surface area contributed by atoms with Crippen molar-refractivity contribution in [3.8, 4) is 23.2 Å². The van der Waals surface area contributed by atoms with E-state index in [4.69, 9.17) is 9.47 Å². The number of hydrogen-bond donors (Lipinski definition) is 2. The lowest BCUT2D eigenvalue weighted by Crippen LogP contribution is -2.21. The third-order valence-electron chi connectivity index (χ3n) is 4.16. The second-order valence-corrected chi connectivity index (χ2v) is 6.18. The molecule has 3 rings (SSSR count). The molecule has 3 aromatic rings. The zero-order valence-electron chi connectivity index (χ0n) is 17.1. The molecule has 0 atom stereocenters. The van der Waals surface area contributed by atoms with Gasteiger partial charge in [-0.2, -0.15) is 4.68 Å². The standard InChI is InChI=1S/C20H26N6O2.2ClH/c1-3-21-12-7-13-22-15-16-10-11-18(19(14-16)27-2)28-20-23-24-25-26(20)17-8-5-4-6-9-17;;/h4-6,8-11,14,21-22H,3,7,12-13,15H2,1-2H3;2*1H. The third kappa shape index (κ3) is 7.14. The zero-order chi connectivity index (χ0) is 19.6. The number of tetrazole rings is 1. The average molecular weight is 455 g/mol. The number of nitrogens with one attached hydrogen (secondary N) is 2. The van der Waals surface area contributed by atoms with E-state index in [1.165, 1.54) is 0 Å². The van der Waals surface area contributed by atoms with Gasteiger partial charge in [-0.25, -0.2) is 0 Å². The quantitative estimate of drug-likeness (QED) is 0.429. The second kappa shape index (κ2) is 13.8. The number of rotatable bonds is 11. The molecule has 0 aliphatic heterocycles. The van der Waals surface area contributed by atoms with Crippen molar-refractivity contribution in [2.75, 3.05) is 26.7 Å². The van der Waals surface area contributed by atoms with Crippen LogP contribution in [0.3, 0.4) is 0 Å². The summed E-state index contributed by atoms with van der Waals surface area (Å²) >= 11 is 0. The summed E-state index contributed by atoms with van der Waals surface area (Å²) in [5.74, 6) is 1.19. The maximum absolute atomic E-state index is 5.92. The Morgan fingerprint density at radius 1 is 0.967 bits per heavy atom. The number of benzene rings is 2. The first kappa shape index (κ1) is 25.6. The molecular weight excluding hydrogens is 427 g/mol. The van der Waals surface area contributed by atoms with E-state index in [1.807, 2.05) is 48.5 Å². The van der Waals surface area contributed by atoms with Crippen LogP contribution in [0.1, 0.15) is 18.9 Å². The monoisotopic (exact) mass is 454 g/mol. The fraction of sp³-hybridized carbons (Fsp3) is 0.350. The minimum Gasteiger partial charge on any atom is -0.493 e. The summed E-state index contributed by atoms with van der Waals surface area (Å²) in [5.41, 5.74) is 1.94. The molecule has 0 saturated carbocycles. The van der Waals surface area contributed by atoms with Gasteiger partial charge in [-0.05, 0) is 66.3 Å². The van der Waals surface area contributed by atoms with E-state index in [1.54, 1.807) is 11.8 Å². The van der Waals surface area contributed by atoms with Gasteiger partial charge >= 0.3 is 6.01 Å². The van der Waals surface area contributed by atoms with Gasteiger partial charge in [0.2, 0.25) is 0 Å². The number of nitrogens with zero attached hydrogens (tertiary/aromatic N) is 4. The van der Waals surface area contributed by atoms with Crippen molar-refractivity contribution in [3.05, 3.63) is 54.1 Å². The maximum atomic E-state index is 5.92. The maximum Gasteiger partial charge on any atom is 0.346 e. The topological polar surface area (TPSA) is 86.1 Å². The molecule has 8 nitrogen and oxygen atoms in total. The van der Waals surface area contributed by atoms with E-state index in [0.717, 1.165) is 43.9 Å². The van der Waals surface area contributed by atoms with Crippen molar-refractivity contribution in [3.63, 3.8) is 0 Å². The van der Waals surface area contributed by atoms with Crippen LogP contribution in [0.25, 0.3) is 5.69 Å². The molecule has 30 heavy (non-hydrogen) atoms. The van der Waals surface area contributed by atoms with E-state index in [2.05, 4.69) is 33.1 Å². The molecule has 164 valence electrons. The molecule has 2 aromatic carbocycles. The number of para-hydroxylation sites is 1. The highest BCUT2D eigenvalue weighted by Gasteiger charge is 2.14. The van der Waals surface area contributed by atoms with Crippen molar-refractivity contribution in [2.24, 2.45) is 0 Å². The molecular formula is C20H28Cl2N6O2. The lowest BCUT2D eigenvalue weighted by atomic mass is 10.2. The molecule has 0 spiro atoms. The van der Waals surface area contributed by atoms with Crippen LogP contribution in [-0.2, 0) is 6.54 Å². The summed E-state index contributed by atoms with van der Waals surface area (Å²) in [6.45, 7) is 5.87. The number of aromatic nitrogens is 4. The smallest absolute Gasteiger partial charge is 0.346 e. The van der Waals surface area contributed by atoms with Crippen LogP contribution in [-0.4, -0.2) is 47.0 Å². The van der Waals surface area contributed by atoms with E-state index in [-0.39, 0.29) is 30.8 Å². The van der Waals surface area contributed by atoms with Crippen molar-refractivity contribution in [1.82, 2.24) is 30.8 Å². The van der Waals surface area contributed by atoms with Crippen molar-refractivity contribution in [2.45, 2.75) is 19.9 Å². The SMILES string of the molecule is CCNCCCNCc1ccc(Oc2nnnn2-c2ccccc2)c(OC)c1.Cl.Cl. The highest BCUT2D eigenvalue weighted by molar-refractivity contribution is 5.85. The fourth-order valence-corrected chi connectivity index (χ4v) is 2.73. The Bertz CT molecular complexity index is 864. The Kier molecular flexibility index (Phi) is 11.8. The number of hydrogen-bond acceptors (Lipinski definition) is 7. The van der Waals surface area contributed by atoms with Crippen molar-refractivity contribution in [1.29, 1.82) is 0 Å².